The average molecular weight is 1670 g/mol. The van der Waals surface area contributed by atoms with Gasteiger partial charge in [0.1, 0.15) is 30.2 Å². The lowest BCUT2D eigenvalue weighted by atomic mass is 9.85. The summed E-state index contributed by atoms with van der Waals surface area (Å²) in [6.45, 7) is 52.4. The van der Waals surface area contributed by atoms with Crippen LogP contribution in [0.4, 0.5) is 4.79 Å². The normalized spacial score (nSPS) is 23.5. The summed E-state index contributed by atoms with van der Waals surface area (Å²) in [7, 11) is 0.554. The number of nitrogens with zero attached hydrogens (tertiary/aromatic N) is 7. The van der Waals surface area contributed by atoms with Gasteiger partial charge in [0.25, 0.3) is 27.9 Å². The number of isocyanates is 1. The second-order valence-corrected chi connectivity index (χ2v) is 40.6. The number of amides is 11. The number of likely N-dealkylation sites (N-methyl/N-ethyl adjacent to an activating group) is 1. The highest BCUT2D eigenvalue weighted by molar-refractivity contribution is 7.86. The van der Waals surface area contributed by atoms with Crippen LogP contribution in [0.15, 0.2) is 43.0 Å². The highest BCUT2D eigenvalue weighted by Crippen LogP contribution is 2.67. The predicted octanol–water partition coefficient (Wildman–Crippen LogP) is 6.61. The van der Waals surface area contributed by atoms with Crippen LogP contribution in [0.25, 0.3) is 4.84 Å². The summed E-state index contributed by atoms with van der Waals surface area (Å²) in [5, 5.41) is 21.5. The van der Waals surface area contributed by atoms with Crippen molar-refractivity contribution in [1.82, 2.24) is 65.8 Å². The third-order valence-electron chi connectivity index (χ3n) is 24.0. The first-order chi connectivity index (χ1) is 53.5. The second-order valence-electron chi connectivity index (χ2n) is 38.1. The Bertz CT molecular complexity index is 3790. The van der Waals surface area contributed by atoms with E-state index in [4.69, 9.17) is 11.8 Å². The van der Waals surface area contributed by atoms with E-state index in [2.05, 4.69) is 99.8 Å². The number of nitrogens with one attached hydrogen (secondary N) is 8. The van der Waals surface area contributed by atoms with Crippen molar-refractivity contribution in [3.63, 3.8) is 0 Å². The van der Waals surface area contributed by atoms with E-state index in [-0.39, 0.29) is 90.3 Å². The quantitative estimate of drug-likeness (QED) is 0.0140. The number of urea groups is 1. The van der Waals surface area contributed by atoms with E-state index < -0.39 is 163 Å². The van der Waals surface area contributed by atoms with Gasteiger partial charge in [0.05, 0.1) is 18.1 Å². The molecule has 3 saturated carbocycles. The van der Waals surface area contributed by atoms with Crippen LogP contribution in [-0.4, -0.2) is 242 Å². The average Bonchev–Trinajstić information content (AvgIpc) is 1.54. The first-order valence-corrected chi connectivity index (χ1v) is 42.4. The van der Waals surface area contributed by atoms with Crippen molar-refractivity contribution in [2.24, 2.45) is 78.4 Å². The number of Topliss-reactive ketones (excluding diaryl/α,β-unsaturated/α-hetero) is 3. The van der Waals surface area contributed by atoms with Crippen molar-refractivity contribution >= 4 is 105 Å². The van der Waals surface area contributed by atoms with E-state index in [1.807, 2.05) is 96.9 Å². The van der Waals surface area contributed by atoms with Crippen LogP contribution in [0.5, 0.6) is 0 Å². The molecule has 654 valence electrons. The van der Waals surface area contributed by atoms with E-state index in [0.29, 0.717) is 51.7 Å². The summed E-state index contributed by atoms with van der Waals surface area (Å²) in [5.41, 5.74) is -2.90. The maximum Gasteiger partial charge on any atom is 0.315 e. The Morgan fingerprint density at radius 1 is 0.509 bits per heavy atom. The van der Waals surface area contributed by atoms with Crippen LogP contribution < -0.4 is 42.5 Å². The first-order valence-electron chi connectivity index (χ1n) is 40.7. The summed E-state index contributed by atoms with van der Waals surface area (Å²) in [5.74, 6) is -6.91. The molecule has 3 unspecified atom stereocenters. The molecule has 6 aliphatic rings. The number of carbonyl (C=O) groups is 13. The number of hydrogen-bond acceptors (Lipinski definition) is 17. The monoisotopic (exact) mass is 1670 g/mol. The molecule has 33 heteroatoms. The molecule has 3 saturated heterocycles. The third kappa shape index (κ3) is 24.5. The summed E-state index contributed by atoms with van der Waals surface area (Å²) in [6, 6.07) is -9.49. The summed E-state index contributed by atoms with van der Waals surface area (Å²) in [4.78, 5) is 194. The minimum Gasteiger partial charge on any atom is -0.564 e. The topological polar surface area (TPSA) is 412 Å². The Hall–Kier alpha value is -7.77. The van der Waals surface area contributed by atoms with Crippen molar-refractivity contribution in [1.29, 1.82) is 0 Å². The zero-order valence-electron chi connectivity index (χ0n) is 73.4. The molecule has 0 aromatic heterocycles. The van der Waals surface area contributed by atoms with Gasteiger partial charge >= 0.3 is 6.03 Å². The number of halogens is 1. The number of rotatable bonds is 38. The molecule has 16 atom stereocenters. The van der Waals surface area contributed by atoms with Crippen molar-refractivity contribution in [3.8, 4) is 0 Å². The van der Waals surface area contributed by atoms with Crippen molar-refractivity contribution in [2.75, 3.05) is 67.0 Å². The molecule has 116 heavy (non-hydrogen) atoms. The number of hydrogen-bond donors (Lipinski definition) is 8. The first kappa shape index (κ1) is 101. The minimum absolute atomic E-state index is 0.0120. The number of unbranched alkanes of at least 4 members (excludes halogenated alkanes) is 3. The Morgan fingerprint density at radius 3 is 1.10 bits per heavy atom. The van der Waals surface area contributed by atoms with Gasteiger partial charge in [-0.2, -0.15) is 22.0 Å². The molecule has 0 aromatic carbocycles. The fourth-order valence-electron chi connectivity index (χ4n) is 16.3. The van der Waals surface area contributed by atoms with E-state index in [1.54, 1.807) is 25.7 Å². The third-order valence-corrected chi connectivity index (χ3v) is 26.1. The lowest BCUT2D eigenvalue weighted by Crippen LogP contribution is -2.62. The van der Waals surface area contributed by atoms with Crippen LogP contribution >= 0.6 is 11.8 Å². The molecule has 6 rings (SSSR count). The molecule has 0 spiro atoms. The molecule has 11 amide bonds. The van der Waals surface area contributed by atoms with Gasteiger partial charge < -0.3 is 62.1 Å². The number of carbonyl (C=O) groups excluding carboxylic acids is 14. The van der Waals surface area contributed by atoms with E-state index in [1.165, 1.54) is 59.6 Å². The summed E-state index contributed by atoms with van der Waals surface area (Å²) in [6.07, 6.45) is 11.1. The molecule has 0 bridgehead atoms. The van der Waals surface area contributed by atoms with Gasteiger partial charge in [-0.15, -0.1) is 19.7 Å². The fourth-order valence-corrected chi connectivity index (χ4v) is 17.6. The van der Waals surface area contributed by atoms with Gasteiger partial charge in [-0.3, -0.25) is 69.3 Å². The van der Waals surface area contributed by atoms with Gasteiger partial charge in [0.2, 0.25) is 58.9 Å². The molecule has 3 aliphatic carbocycles. The summed E-state index contributed by atoms with van der Waals surface area (Å²) < 4.78 is 27.7. The second kappa shape index (κ2) is 40.8. The molecule has 0 radical (unpaired) electrons. The van der Waals surface area contributed by atoms with Gasteiger partial charge in [-0.25, -0.2) is 9.59 Å². The Morgan fingerprint density at radius 2 is 0.836 bits per heavy atom. The van der Waals surface area contributed by atoms with E-state index in [9.17, 15) is 75.5 Å². The smallest absolute Gasteiger partial charge is 0.315 e. The summed E-state index contributed by atoms with van der Waals surface area (Å²) >= 11 is 5.80. The standard InChI is InChI=1S/C34H61N7O7S.C25H38N4O5.C24H38ClN4O4/c1-14-16-17-22(26(42)29(44)35-18-15-2)36-28(43)25-24-21(34(24,9)10)19-41(25)30(45)27(33(6,7)8)38-31(46)37-23(32(3,4)5)20-40(13)49(47,48)39(11)12;1-8-10-11-16(19(31)22(33)26-12-9-2)28-21(32)18-17-15(25(17,6)7)13-29(18)23(34)20(27-14-30)24(3,4)5;1-8-10-11-15(18(30)21(32)26-12-9-2)27-20(31)17-16-14(24(16,6)7)13-29(17)22(33)19(28-25)23(3,4)5/h15,21-25,27H,2,14,16-20H2,1,3-13H3,(H,35,44)(H,36,43)(H2,37,38,46);9,15-18,20H,2,8,10-13H2,1,3-7H3,(H,26,33)(H,28,32);9,14-17,19H,2,8,10-13H2,1,3-7H3,(H,26,32)(H,27,31)/q;;-1/t21-,22?,23+,24-,25-,27+;15-,16?,17-,18-,20+;14-,15?,16-,17-,19-/m000/s1. The molecule has 8 N–H and O–H groups in total. The molecule has 6 fully saturated rings. The molecular formula is C83H137ClN15O16S-. The Labute approximate surface area is 694 Å². The zero-order chi connectivity index (χ0) is 88.8. The van der Waals surface area contributed by atoms with Crippen LogP contribution in [0.1, 0.15) is 203 Å². The van der Waals surface area contributed by atoms with Crippen molar-refractivity contribution in [2.45, 2.75) is 264 Å². The predicted molar refractivity (Wildman–Crippen MR) is 445 cm³/mol. The van der Waals surface area contributed by atoms with Crippen LogP contribution in [0.3, 0.4) is 0 Å². The van der Waals surface area contributed by atoms with Gasteiger partial charge in [-0.1, -0.05) is 202 Å². The number of fused-ring (bicyclic) bond motifs is 3. The van der Waals surface area contributed by atoms with Crippen molar-refractivity contribution in [3.05, 3.63) is 42.8 Å². The lowest BCUT2D eigenvalue weighted by Gasteiger charge is -2.42. The zero-order valence-corrected chi connectivity index (χ0v) is 74.9. The van der Waals surface area contributed by atoms with Crippen molar-refractivity contribution < 1.29 is 75.5 Å². The number of ketones is 3. The van der Waals surface area contributed by atoms with Crippen LogP contribution in [-0.2, 0) is 72.5 Å². The maximum absolute atomic E-state index is 14.4. The fraction of sp³-hybridized carbons (Fsp3) is 0.759. The lowest BCUT2D eigenvalue weighted by molar-refractivity contribution is -0.145. The molecule has 3 heterocycles. The number of aliphatic imine (C=N–C) groups is 1. The SMILES string of the molecule is C=CCNC(=O)C(=O)C(CCCC)NC(=O)[C@@H]1[C@@H]2[C@H](CN1C(=O)[C@@H](N=C=O)C(C)(C)C)C2(C)C.C=CCNC(=O)C(=O)C(CCCC)NC(=O)[C@@H]1[C@@H]2[C@H](CN1C(=O)[C@@H](NC(=O)N[C@H](CN(C)S(=O)(=O)N(C)C)C(C)(C)C)C(C)(C)C)C2(C)C.C=CCNC(=O)C(=O)C(CCCC)NC(=O)[C@@H]1[C@@H]2[C@H](CN1C(=O)[C@H]([N-]Cl)C(C)(C)C)C2(C)C. The molecular weight excluding hydrogens is 1530 g/mol. The van der Waals surface area contributed by atoms with Gasteiger partial charge in [0, 0.05) is 73.0 Å². The minimum atomic E-state index is -3.74. The van der Waals surface area contributed by atoms with Gasteiger partial charge in [0.15, 0.2) is 0 Å². The number of likely N-dealkylation sites (tertiary alicyclic amines) is 3. The molecule has 0 aromatic rings. The van der Waals surface area contributed by atoms with E-state index in [0.717, 1.165) is 23.6 Å². The highest BCUT2D eigenvalue weighted by atomic mass is 35.5. The van der Waals surface area contributed by atoms with Crippen LogP contribution in [0.2, 0.25) is 0 Å². The van der Waals surface area contributed by atoms with Crippen LogP contribution in [0, 0.1) is 73.4 Å². The Kier molecular flexibility index (Phi) is 35.4. The largest absolute Gasteiger partial charge is 0.564 e. The van der Waals surface area contributed by atoms with E-state index >= 15 is 0 Å². The molecule has 31 nitrogen and oxygen atoms in total. The highest BCUT2D eigenvalue weighted by Gasteiger charge is 2.72. The number of piperidine rings is 3. The molecule has 3 aliphatic heterocycles. The maximum atomic E-state index is 14.4. The van der Waals surface area contributed by atoms with Gasteiger partial charge in [-0.05, 0) is 98.7 Å². The Balaban J connectivity index is 0.000000377.